The lowest BCUT2D eigenvalue weighted by molar-refractivity contribution is -0.116. The molecule has 0 saturated carbocycles. The van der Waals surface area contributed by atoms with Crippen LogP contribution in [0.4, 0.5) is 25.8 Å². The number of hydrogen-bond acceptors (Lipinski definition) is 4. The summed E-state index contributed by atoms with van der Waals surface area (Å²) in [5, 5.41) is 5.90. The van der Waals surface area contributed by atoms with E-state index in [9.17, 15) is 18.4 Å². The number of rotatable bonds is 8. The minimum absolute atomic E-state index is 0.0834. The van der Waals surface area contributed by atoms with Crippen molar-refractivity contribution in [2.75, 3.05) is 29.1 Å². The molecule has 34 heavy (non-hydrogen) atoms. The molecule has 0 fully saturated rings. The number of nitrogens with zero attached hydrogens (tertiary/aromatic N) is 1. The fourth-order valence-corrected chi connectivity index (χ4v) is 4.87. The Morgan fingerprint density at radius 3 is 2.47 bits per heavy atom. The van der Waals surface area contributed by atoms with Crippen LogP contribution in [0.5, 0.6) is 0 Å². The van der Waals surface area contributed by atoms with Crippen LogP contribution >= 0.6 is 11.8 Å². The molecule has 0 bridgehead atoms. The molecule has 5 nitrogen and oxygen atoms in total. The lowest BCUT2D eigenvalue weighted by Gasteiger charge is -2.18. The van der Waals surface area contributed by atoms with Crippen molar-refractivity contribution in [2.45, 2.75) is 35.5 Å². The summed E-state index contributed by atoms with van der Waals surface area (Å²) in [6.45, 7) is 0.565. The first-order valence-electron chi connectivity index (χ1n) is 11.1. The minimum atomic E-state index is -0.615. The van der Waals surface area contributed by atoms with E-state index in [4.69, 9.17) is 0 Å². The first kappa shape index (κ1) is 23.8. The Balaban J connectivity index is 1.26. The first-order chi connectivity index (χ1) is 16.4. The lowest BCUT2D eigenvalue weighted by Crippen LogP contribution is -2.26. The zero-order valence-electron chi connectivity index (χ0n) is 18.7. The highest BCUT2D eigenvalue weighted by Gasteiger charge is 2.24. The molecular weight excluding hydrogens is 456 g/mol. The van der Waals surface area contributed by atoms with E-state index in [1.165, 1.54) is 23.9 Å². The summed E-state index contributed by atoms with van der Waals surface area (Å²) in [6, 6.07) is 16.4. The van der Waals surface area contributed by atoms with Crippen molar-refractivity contribution in [3.63, 3.8) is 0 Å². The van der Waals surface area contributed by atoms with Gasteiger partial charge in [-0.3, -0.25) is 9.59 Å². The normalized spacial score (nSPS) is 12.6. The van der Waals surface area contributed by atoms with Crippen LogP contribution in [0.25, 0.3) is 0 Å². The maximum absolute atomic E-state index is 13.2. The number of unbranched alkanes of at least 4 members (excludes halogenated alkanes) is 2. The predicted molar refractivity (Wildman–Crippen MR) is 132 cm³/mol. The number of carbonyl (C=O) groups excluding carboxylic acids is 2. The average molecular weight is 482 g/mol. The fraction of sp³-hybridized carbons (Fsp3) is 0.231. The molecule has 1 heterocycles. The molecule has 3 aromatic carbocycles. The van der Waals surface area contributed by atoms with E-state index < -0.39 is 11.6 Å². The van der Waals surface area contributed by atoms with Crippen LogP contribution in [0, 0.1) is 11.6 Å². The maximum atomic E-state index is 13.2. The number of benzene rings is 3. The molecule has 0 radical (unpaired) electrons. The minimum Gasteiger partial charge on any atom is -0.385 e. The Bertz CT molecular complexity index is 1200. The van der Waals surface area contributed by atoms with E-state index in [0.717, 1.165) is 34.4 Å². The molecule has 3 aromatic rings. The standard InChI is InChI=1S/C26H25F2N3O2S/c1-31-22-16-19(10-11-24(22)34-23-8-5-4-7-21(23)26(31)33)30-25(32)9-3-2-6-12-29-20-14-17(27)13-18(28)15-20/h4-5,7-8,10-11,13-16,29H,2-3,6,9,12H2,1H3,(H,30,32). The Kier molecular flexibility index (Phi) is 7.47. The smallest absolute Gasteiger partial charge is 0.259 e. The van der Waals surface area contributed by atoms with Gasteiger partial charge in [0.05, 0.1) is 11.3 Å². The summed E-state index contributed by atoms with van der Waals surface area (Å²) < 4.78 is 26.4. The van der Waals surface area contributed by atoms with Crippen molar-refractivity contribution in [1.29, 1.82) is 0 Å². The second-order valence-electron chi connectivity index (χ2n) is 8.09. The van der Waals surface area contributed by atoms with Gasteiger partial charge in [-0.05, 0) is 55.3 Å². The number of halogens is 2. The summed E-state index contributed by atoms with van der Waals surface area (Å²) >= 11 is 1.54. The van der Waals surface area contributed by atoms with Gasteiger partial charge in [0.2, 0.25) is 5.91 Å². The van der Waals surface area contributed by atoms with Crippen molar-refractivity contribution < 1.29 is 18.4 Å². The van der Waals surface area contributed by atoms with Gasteiger partial charge in [-0.1, -0.05) is 30.3 Å². The van der Waals surface area contributed by atoms with Gasteiger partial charge in [-0.2, -0.15) is 0 Å². The van der Waals surface area contributed by atoms with Crippen LogP contribution < -0.4 is 15.5 Å². The van der Waals surface area contributed by atoms with Gasteiger partial charge in [-0.25, -0.2) is 8.78 Å². The zero-order valence-corrected chi connectivity index (χ0v) is 19.6. The molecule has 0 saturated heterocycles. The van der Waals surface area contributed by atoms with Crippen molar-refractivity contribution in [1.82, 2.24) is 0 Å². The van der Waals surface area contributed by atoms with Crippen molar-refractivity contribution >= 4 is 40.6 Å². The summed E-state index contributed by atoms with van der Waals surface area (Å²) in [5.41, 5.74) is 2.46. The maximum Gasteiger partial charge on any atom is 0.259 e. The van der Waals surface area contributed by atoms with Gasteiger partial charge in [0.25, 0.3) is 5.91 Å². The van der Waals surface area contributed by atoms with Crippen molar-refractivity contribution in [2.24, 2.45) is 0 Å². The van der Waals surface area contributed by atoms with E-state index >= 15 is 0 Å². The van der Waals surface area contributed by atoms with Gasteiger partial charge in [0.1, 0.15) is 11.6 Å². The molecule has 1 aliphatic heterocycles. The van der Waals surface area contributed by atoms with Gasteiger partial charge < -0.3 is 15.5 Å². The van der Waals surface area contributed by atoms with E-state index in [-0.39, 0.29) is 11.8 Å². The molecule has 0 atom stereocenters. The van der Waals surface area contributed by atoms with Crippen LogP contribution in [0.1, 0.15) is 36.0 Å². The second-order valence-corrected chi connectivity index (χ2v) is 9.17. The molecule has 176 valence electrons. The monoisotopic (exact) mass is 481 g/mol. The zero-order chi connectivity index (χ0) is 24.1. The SMILES string of the molecule is CN1C(=O)c2ccccc2Sc2ccc(NC(=O)CCCCCNc3cc(F)cc(F)c3)cc21. The van der Waals surface area contributed by atoms with Crippen LogP contribution in [0.15, 0.2) is 70.5 Å². The average Bonchev–Trinajstić information content (AvgIpc) is 2.90. The number of fused-ring (bicyclic) bond motifs is 2. The Morgan fingerprint density at radius 2 is 1.68 bits per heavy atom. The van der Waals surface area contributed by atoms with Gasteiger partial charge in [0.15, 0.2) is 0 Å². The Labute approximate surface area is 201 Å². The van der Waals surface area contributed by atoms with Crippen LogP contribution in [-0.2, 0) is 4.79 Å². The predicted octanol–water partition coefficient (Wildman–Crippen LogP) is 6.32. The molecule has 2 N–H and O–H groups in total. The lowest BCUT2D eigenvalue weighted by atomic mass is 10.1. The molecule has 0 spiro atoms. The highest BCUT2D eigenvalue weighted by molar-refractivity contribution is 7.99. The Morgan fingerprint density at radius 1 is 0.912 bits per heavy atom. The van der Waals surface area contributed by atoms with E-state index in [2.05, 4.69) is 10.6 Å². The van der Waals surface area contributed by atoms with Gasteiger partial charge in [-0.15, -0.1) is 0 Å². The molecular formula is C26H25F2N3O2S. The van der Waals surface area contributed by atoms with E-state index in [1.54, 1.807) is 11.9 Å². The number of carbonyl (C=O) groups is 2. The topological polar surface area (TPSA) is 61.4 Å². The molecule has 2 amide bonds. The third-order valence-corrected chi connectivity index (χ3v) is 6.66. The largest absolute Gasteiger partial charge is 0.385 e. The van der Waals surface area contributed by atoms with E-state index in [0.29, 0.717) is 36.3 Å². The number of anilines is 3. The van der Waals surface area contributed by atoms with Crippen molar-refractivity contribution in [3.8, 4) is 0 Å². The quantitative estimate of drug-likeness (QED) is 0.370. The van der Waals surface area contributed by atoms with Crippen molar-refractivity contribution in [3.05, 3.63) is 77.9 Å². The van der Waals surface area contributed by atoms with Gasteiger partial charge in [0, 0.05) is 47.2 Å². The summed E-state index contributed by atoms with van der Waals surface area (Å²) in [7, 11) is 1.74. The number of hydrogen-bond donors (Lipinski definition) is 2. The van der Waals surface area contributed by atoms with Crippen LogP contribution in [-0.4, -0.2) is 25.4 Å². The second kappa shape index (κ2) is 10.7. The molecule has 1 aliphatic rings. The fourth-order valence-electron chi connectivity index (χ4n) is 3.78. The molecule has 0 aliphatic carbocycles. The molecule has 0 aromatic heterocycles. The summed E-state index contributed by atoms with van der Waals surface area (Å²) in [5.74, 6) is -1.41. The molecule has 4 rings (SSSR count). The third kappa shape index (κ3) is 5.75. The summed E-state index contributed by atoms with van der Waals surface area (Å²) in [4.78, 5) is 28.7. The first-order valence-corrected chi connectivity index (χ1v) is 11.9. The molecule has 0 unspecified atom stereocenters. The highest BCUT2D eigenvalue weighted by Crippen LogP contribution is 2.41. The Hall–Kier alpha value is -3.39. The van der Waals surface area contributed by atoms with E-state index in [1.807, 2.05) is 42.5 Å². The molecule has 8 heteroatoms. The highest BCUT2D eigenvalue weighted by atomic mass is 32.2. The number of nitrogens with one attached hydrogen (secondary N) is 2. The third-order valence-electron chi connectivity index (χ3n) is 5.52. The summed E-state index contributed by atoms with van der Waals surface area (Å²) in [6.07, 6.45) is 2.63. The van der Waals surface area contributed by atoms with Gasteiger partial charge >= 0.3 is 0 Å². The van der Waals surface area contributed by atoms with Crippen LogP contribution in [0.2, 0.25) is 0 Å². The van der Waals surface area contributed by atoms with Crippen LogP contribution in [0.3, 0.4) is 0 Å². The number of amides is 2.